The van der Waals surface area contributed by atoms with Gasteiger partial charge in [0.25, 0.3) is 0 Å². The van der Waals surface area contributed by atoms with Crippen LogP contribution in [-0.4, -0.2) is 41.6 Å². The lowest BCUT2D eigenvalue weighted by atomic mass is 9.94. The molecule has 0 amide bonds. The van der Waals surface area contributed by atoms with Gasteiger partial charge in [-0.2, -0.15) is 0 Å². The first-order valence-electron chi connectivity index (χ1n) is 12.6. The molecule has 5 rings (SSSR count). The molecule has 1 saturated carbocycles. The van der Waals surface area contributed by atoms with Crippen LogP contribution in [0.1, 0.15) is 49.7 Å². The summed E-state index contributed by atoms with van der Waals surface area (Å²) in [4.78, 5) is 22.8. The average Bonchev–Trinajstić information content (AvgIpc) is 3.60. The first-order valence-corrected chi connectivity index (χ1v) is 12.6. The molecule has 182 valence electrons. The summed E-state index contributed by atoms with van der Waals surface area (Å²) in [6.07, 6.45) is 9.52. The number of rotatable bonds is 11. The van der Waals surface area contributed by atoms with Crippen molar-refractivity contribution in [1.29, 1.82) is 0 Å². The van der Waals surface area contributed by atoms with Crippen LogP contribution < -0.4 is 14.4 Å². The number of aromatic nitrogens is 2. The molecule has 1 aromatic heterocycles. The molecular weight excluding hydrogens is 438 g/mol. The molecule has 1 saturated heterocycles. The van der Waals surface area contributed by atoms with Gasteiger partial charge in [0.05, 0.1) is 13.2 Å². The summed E-state index contributed by atoms with van der Waals surface area (Å²) in [5.74, 6) is 2.95. The molecule has 6 nitrogen and oxygen atoms in total. The summed E-state index contributed by atoms with van der Waals surface area (Å²) in [5, 5.41) is 0. The van der Waals surface area contributed by atoms with Crippen molar-refractivity contribution in [3.63, 3.8) is 0 Å². The van der Waals surface area contributed by atoms with Gasteiger partial charge in [0.1, 0.15) is 29.7 Å². The van der Waals surface area contributed by atoms with Crippen LogP contribution in [0.4, 0.5) is 5.69 Å². The minimum absolute atomic E-state index is 0.152. The fourth-order valence-electron chi connectivity index (χ4n) is 4.56. The molecule has 0 unspecified atom stereocenters. The zero-order chi connectivity index (χ0) is 24.0. The number of carbonyl (C=O) groups excluding carboxylic acids is 1. The van der Waals surface area contributed by atoms with Gasteiger partial charge in [-0.1, -0.05) is 19.1 Å². The molecule has 2 atom stereocenters. The van der Waals surface area contributed by atoms with Crippen LogP contribution in [0.15, 0.2) is 67.3 Å². The Morgan fingerprint density at radius 1 is 1.00 bits per heavy atom. The fraction of sp³-hybridized carbons (Fsp3) is 0.414. The Bertz CT molecular complexity index is 1100. The number of nitrogens with zero attached hydrogens (tertiary/aromatic N) is 3. The van der Waals surface area contributed by atoms with E-state index in [1.54, 1.807) is 12.4 Å². The van der Waals surface area contributed by atoms with Crippen molar-refractivity contribution >= 4 is 11.5 Å². The van der Waals surface area contributed by atoms with Gasteiger partial charge in [-0.15, -0.1) is 0 Å². The van der Waals surface area contributed by atoms with E-state index in [9.17, 15) is 4.79 Å². The highest BCUT2D eigenvalue weighted by molar-refractivity contribution is 5.81. The van der Waals surface area contributed by atoms with E-state index in [0.717, 1.165) is 54.7 Å². The van der Waals surface area contributed by atoms with E-state index in [1.807, 2.05) is 12.1 Å². The Morgan fingerprint density at radius 2 is 1.71 bits per heavy atom. The normalized spacial score (nSPS) is 18.3. The van der Waals surface area contributed by atoms with Gasteiger partial charge in [-0.25, -0.2) is 9.97 Å². The van der Waals surface area contributed by atoms with E-state index in [4.69, 9.17) is 9.47 Å². The maximum Gasteiger partial charge on any atom is 0.137 e. The van der Waals surface area contributed by atoms with Gasteiger partial charge >= 0.3 is 0 Å². The van der Waals surface area contributed by atoms with Crippen LogP contribution in [-0.2, 0) is 11.2 Å². The molecule has 2 aliphatic rings. The second kappa shape index (κ2) is 10.9. The smallest absolute Gasteiger partial charge is 0.137 e. The summed E-state index contributed by atoms with van der Waals surface area (Å²) in [5.41, 5.74) is 3.22. The molecular formula is C29H33N3O3. The molecule has 2 heterocycles. The molecule has 1 aliphatic heterocycles. The van der Waals surface area contributed by atoms with Crippen molar-refractivity contribution in [2.24, 2.45) is 5.92 Å². The predicted octanol–water partition coefficient (Wildman–Crippen LogP) is 5.23. The van der Waals surface area contributed by atoms with Crippen LogP contribution in [0.5, 0.6) is 11.5 Å². The van der Waals surface area contributed by atoms with Crippen molar-refractivity contribution < 1.29 is 14.3 Å². The average molecular weight is 472 g/mol. The summed E-state index contributed by atoms with van der Waals surface area (Å²) in [6, 6.07) is 16.6. The van der Waals surface area contributed by atoms with Crippen LogP contribution in [0.25, 0.3) is 0 Å². The Labute approximate surface area is 207 Å². The van der Waals surface area contributed by atoms with Crippen molar-refractivity contribution in [2.45, 2.75) is 51.0 Å². The third-order valence-electron chi connectivity index (χ3n) is 6.83. The van der Waals surface area contributed by atoms with Crippen molar-refractivity contribution in [3.8, 4) is 11.5 Å². The van der Waals surface area contributed by atoms with Crippen LogP contribution in [0.3, 0.4) is 0 Å². The first-order chi connectivity index (χ1) is 17.1. The monoisotopic (exact) mass is 471 g/mol. The standard InChI is InChI=1S/C29H33N3O3/c1-21(14-26(33)15-23-16-30-20-31-17-23)24-4-8-28(9-5-24)35-29-12-13-32(18-29)25-6-10-27(11-7-25)34-19-22-2-3-22/h4-11,16-17,20-22,29H,2-3,12-15,18-19H2,1H3/t21-,29-/m1/s1. The van der Waals surface area contributed by atoms with Gasteiger partial charge in [-0.3, -0.25) is 4.79 Å². The van der Waals surface area contributed by atoms with Gasteiger partial charge in [-0.05, 0) is 72.2 Å². The predicted molar refractivity (Wildman–Crippen MR) is 136 cm³/mol. The lowest BCUT2D eigenvalue weighted by Crippen LogP contribution is -2.24. The maximum atomic E-state index is 12.4. The molecule has 0 spiro atoms. The molecule has 3 aromatic rings. The second-order valence-electron chi connectivity index (χ2n) is 9.86. The Morgan fingerprint density at radius 3 is 2.43 bits per heavy atom. The highest BCUT2D eigenvalue weighted by Crippen LogP contribution is 2.31. The molecule has 1 aliphatic carbocycles. The van der Waals surface area contributed by atoms with Crippen LogP contribution in [0.2, 0.25) is 0 Å². The number of hydrogen-bond acceptors (Lipinski definition) is 6. The first kappa shape index (κ1) is 23.3. The molecule has 35 heavy (non-hydrogen) atoms. The number of ketones is 1. The lowest BCUT2D eigenvalue weighted by molar-refractivity contribution is -0.118. The quantitative estimate of drug-likeness (QED) is 0.382. The van der Waals surface area contributed by atoms with E-state index in [-0.39, 0.29) is 17.8 Å². The zero-order valence-corrected chi connectivity index (χ0v) is 20.3. The zero-order valence-electron chi connectivity index (χ0n) is 20.3. The molecule has 0 bridgehead atoms. The van der Waals surface area contributed by atoms with Gasteiger partial charge in [0.15, 0.2) is 0 Å². The maximum absolute atomic E-state index is 12.4. The number of benzene rings is 2. The van der Waals surface area contributed by atoms with Gasteiger partial charge < -0.3 is 14.4 Å². The van der Waals surface area contributed by atoms with E-state index in [0.29, 0.717) is 12.8 Å². The van der Waals surface area contributed by atoms with E-state index >= 15 is 0 Å². The number of anilines is 1. The number of carbonyl (C=O) groups is 1. The molecule has 2 fully saturated rings. The summed E-state index contributed by atoms with van der Waals surface area (Å²) < 4.78 is 12.1. The summed E-state index contributed by atoms with van der Waals surface area (Å²) in [6.45, 7) is 4.79. The Hall–Kier alpha value is -3.41. The third kappa shape index (κ3) is 6.59. The van der Waals surface area contributed by atoms with Crippen LogP contribution >= 0.6 is 0 Å². The molecule has 0 N–H and O–H groups in total. The van der Waals surface area contributed by atoms with E-state index < -0.39 is 0 Å². The SMILES string of the molecule is C[C@H](CC(=O)Cc1cncnc1)c1ccc(O[C@@H]2CCN(c3ccc(OCC4CC4)cc3)C2)cc1. The van der Waals surface area contributed by atoms with Crippen molar-refractivity contribution in [3.05, 3.63) is 78.4 Å². The minimum Gasteiger partial charge on any atom is -0.493 e. The largest absolute Gasteiger partial charge is 0.493 e. The fourth-order valence-corrected chi connectivity index (χ4v) is 4.56. The Balaban J connectivity index is 1.08. The van der Waals surface area contributed by atoms with Gasteiger partial charge in [0.2, 0.25) is 0 Å². The lowest BCUT2D eigenvalue weighted by Gasteiger charge is -2.20. The second-order valence-corrected chi connectivity index (χ2v) is 9.86. The van der Waals surface area contributed by atoms with E-state index in [2.05, 4.69) is 58.2 Å². The van der Waals surface area contributed by atoms with E-state index in [1.165, 1.54) is 24.9 Å². The number of ether oxygens (including phenoxy) is 2. The van der Waals surface area contributed by atoms with Crippen LogP contribution in [0, 0.1) is 5.92 Å². The van der Waals surface area contributed by atoms with Crippen molar-refractivity contribution in [2.75, 3.05) is 24.6 Å². The molecule has 6 heteroatoms. The summed E-state index contributed by atoms with van der Waals surface area (Å²) in [7, 11) is 0. The number of Topliss-reactive ketones (excluding diaryl/α,β-unsaturated/α-hetero) is 1. The van der Waals surface area contributed by atoms with Gasteiger partial charge in [0, 0.05) is 43.9 Å². The topological polar surface area (TPSA) is 64.5 Å². The highest BCUT2D eigenvalue weighted by Gasteiger charge is 2.25. The highest BCUT2D eigenvalue weighted by atomic mass is 16.5. The van der Waals surface area contributed by atoms with Crippen molar-refractivity contribution in [1.82, 2.24) is 9.97 Å². The Kier molecular flexibility index (Phi) is 7.26. The molecule has 2 aromatic carbocycles. The molecule has 0 radical (unpaired) electrons. The summed E-state index contributed by atoms with van der Waals surface area (Å²) >= 11 is 0. The minimum atomic E-state index is 0.152. The third-order valence-corrected chi connectivity index (χ3v) is 6.83. The number of hydrogen-bond donors (Lipinski definition) is 0.